The van der Waals surface area contributed by atoms with E-state index in [0.717, 1.165) is 0 Å². The van der Waals surface area contributed by atoms with Gasteiger partial charge in [0.25, 0.3) is 5.91 Å². The first kappa shape index (κ1) is 15.0. The Morgan fingerprint density at radius 1 is 1.19 bits per heavy atom. The van der Waals surface area contributed by atoms with Crippen molar-refractivity contribution in [2.45, 2.75) is 12.5 Å². The third kappa shape index (κ3) is 3.03. The van der Waals surface area contributed by atoms with Gasteiger partial charge in [0, 0.05) is 7.11 Å². The lowest BCUT2D eigenvalue weighted by atomic mass is 9.91. The first-order valence-electron chi connectivity index (χ1n) is 6.37. The van der Waals surface area contributed by atoms with E-state index in [0.29, 0.717) is 17.7 Å². The molecule has 7 nitrogen and oxygen atoms in total. The molecule has 3 amide bonds. The first-order chi connectivity index (χ1) is 9.97. The predicted molar refractivity (Wildman–Crippen MR) is 72.6 cm³/mol. The maximum absolute atomic E-state index is 11.8. The number of ether oxygens (including phenoxy) is 2. The Bertz CT molecular complexity index is 569. The molecule has 1 saturated heterocycles. The largest absolute Gasteiger partial charge is 0.460 e. The highest BCUT2D eigenvalue weighted by molar-refractivity contribution is 6.07. The smallest absolute Gasteiger partial charge is 0.338 e. The Labute approximate surface area is 121 Å². The van der Waals surface area contributed by atoms with E-state index in [1.165, 1.54) is 7.11 Å². The molecule has 21 heavy (non-hydrogen) atoms. The standard InChI is InChI=1S/C14H16N2O5/c1-14(12(18)15-13(19)16-14)10-5-3-9(4-6-10)11(17)21-8-7-20-2/h3-6H,7-8H2,1-2H3,(H2,15,16,18,19). The fourth-order valence-electron chi connectivity index (χ4n) is 1.99. The van der Waals surface area contributed by atoms with Gasteiger partial charge in [0.2, 0.25) is 0 Å². The molecule has 1 heterocycles. The summed E-state index contributed by atoms with van der Waals surface area (Å²) in [6.45, 7) is 2.10. The normalized spacial score (nSPS) is 20.9. The molecular weight excluding hydrogens is 276 g/mol. The number of urea groups is 1. The molecule has 0 bridgehead atoms. The van der Waals surface area contributed by atoms with Crippen LogP contribution in [0, 0.1) is 0 Å². The Morgan fingerprint density at radius 2 is 1.86 bits per heavy atom. The topological polar surface area (TPSA) is 93.7 Å². The van der Waals surface area contributed by atoms with E-state index in [1.807, 2.05) is 0 Å². The molecule has 0 spiro atoms. The summed E-state index contributed by atoms with van der Waals surface area (Å²) in [6, 6.07) is 5.78. The molecular formula is C14H16N2O5. The zero-order chi connectivity index (χ0) is 15.5. The van der Waals surface area contributed by atoms with E-state index in [4.69, 9.17) is 9.47 Å². The van der Waals surface area contributed by atoms with Crippen LogP contribution in [0.25, 0.3) is 0 Å². The molecule has 1 atom stereocenters. The lowest BCUT2D eigenvalue weighted by Crippen LogP contribution is -2.40. The number of hydrogen-bond donors (Lipinski definition) is 2. The van der Waals surface area contributed by atoms with Crippen molar-refractivity contribution < 1.29 is 23.9 Å². The lowest BCUT2D eigenvalue weighted by Gasteiger charge is -2.21. The monoisotopic (exact) mass is 292 g/mol. The number of hydrogen-bond acceptors (Lipinski definition) is 5. The minimum Gasteiger partial charge on any atom is -0.460 e. The molecule has 1 aliphatic heterocycles. The van der Waals surface area contributed by atoms with Crippen LogP contribution in [0.15, 0.2) is 24.3 Å². The van der Waals surface area contributed by atoms with Gasteiger partial charge in [0.15, 0.2) is 0 Å². The van der Waals surface area contributed by atoms with Crippen molar-refractivity contribution in [1.29, 1.82) is 0 Å². The second kappa shape index (κ2) is 5.92. The highest BCUT2D eigenvalue weighted by Crippen LogP contribution is 2.24. The number of nitrogens with one attached hydrogen (secondary N) is 2. The van der Waals surface area contributed by atoms with Crippen molar-refractivity contribution in [1.82, 2.24) is 10.6 Å². The van der Waals surface area contributed by atoms with Crippen molar-refractivity contribution >= 4 is 17.9 Å². The molecule has 0 aliphatic carbocycles. The Balaban J connectivity index is 2.10. The van der Waals surface area contributed by atoms with Gasteiger partial charge in [-0.25, -0.2) is 9.59 Å². The van der Waals surface area contributed by atoms with E-state index in [-0.39, 0.29) is 6.61 Å². The van der Waals surface area contributed by atoms with E-state index < -0.39 is 23.4 Å². The minimum atomic E-state index is -1.13. The van der Waals surface area contributed by atoms with Crippen molar-refractivity contribution in [2.75, 3.05) is 20.3 Å². The van der Waals surface area contributed by atoms with Crippen LogP contribution in [0.2, 0.25) is 0 Å². The van der Waals surface area contributed by atoms with Crippen LogP contribution < -0.4 is 10.6 Å². The van der Waals surface area contributed by atoms with Gasteiger partial charge < -0.3 is 14.8 Å². The highest BCUT2D eigenvalue weighted by Gasteiger charge is 2.43. The van der Waals surface area contributed by atoms with Crippen molar-refractivity contribution in [3.05, 3.63) is 35.4 Å². The van der Waals surface area contributed by atoms with E-state index in [9.17, 15) is 14.4 Å². The average Bonchev–Trinajstić information content (AvgIpc) is 2.73. The number of amides is 3. The number of methoxy groups -OCH3 is 1. The van der Waals surface area contributed by atoms with Crippen LogP contribution in [-0.4, -0.2) is 38.2 Å². The zero-order valence-corrected chi connectivity index (χ0v) is 11.8. The third-order valence-corrected chi connectivity index (χ3v) is 3.26. The summed E-state index contributed by atoms with van der Waals surface area (Å²) < 4.78 is 9.77. The maximum Gasteiger partial charge on any atom is 0.338 e. The maximum atomic E-state index is 11.8. The number of carbonyl (C=O) groups excluding carboxylic acids is 3. The van der Waals surface area contributed by atoms with Gasteiger partial charge in [-0.2, -0.15) is 0 Å². The van der Waals surface area contributed by atoms with Gasteiger partial charge >= 0.3 is 12.0 Å². The summed E-state index contributed by atoms with van der Waals surface area (Å²) in [5, 5.41) is 4.74. The molecule has 7 heteroatoms. The van der Waals surface area contributed by atoms with Crippen molar-refractivity contribution in [2.24, 2.45) is 0 Å². The van der Waals surface area contributed by atoms with Crippen LogP contribution in [0.4, 0.5) is 4.79 Å². The number of benzene rings is 1. The molecule has 1 aromatic rings. The lowest BCUT2D eigenvalue weighted by molar-refractivity contribution is -0.123. The summed E-state index contributed by atoms with van der Waals surface area (Å²) in [7, 11) is 1.52. The molecule has 0 saturated carbocycles. The van der Waals surface area contributed by atoms with Gasteiger partial charge in [-0.05, 0) is 24.6 Å². The Morgan fingerprint density at radius 3 is 2.38 bits per heavy atom. The molecule has 1 fully saturated rings. The van der Waals surface area contributed by atoms with Crippen LogP contribution in [0.1, 0.15) is 22.8 Å². The molecule has 112 valence electrons. The zero-order valence-electron chi connectivity index (χ0n) is 11.8. The summed E-state index contributed by atoms with van der Waals surface area (Å²) in [5.74, 6) is -0.897. The molecule has 1 aromatic carbocycles. The van der Waals surface area contributed by atoms with Crippen molar-refractivity contribution in [3.63, 3.8) is 0 Å². The quantitative estimate of drug-likeness (QED) is 0.469. The number of rotatable bonds is 5. The molecule has 0 radical (unpaired) electrons. The van der Waals surface area contributed by atoms with Gasteiger partial charge in [0.1, 0.15) is 12.1 Å². The van der Waals surface area contributed by atoms with Crippen LogP contribution in [-0.2, 0) is 19.8 Å². The summed E-state index contributed by atoms with van der Waals surface area (Å²) >= 11 is 0. The molecule has 1 unspecified atom stereocenters. The van der Waals surface area contributed by atoms with E-state index in [1.54, 1.807) is 31.2 Å². The molecule has 2 rings (SSSR count). The summed E-state index contributed by atoms with van der Waals surface area (Å²) in [4.78, 5) is 34.8. The fourth-order valence-corrected chi connectivity index (χ4v) is 1.99. The molecule has 1 aliphatic rings. The van der Waals surface area contributed by atoms with Gasteiger partial charge in [0.05, 0.1) is 12.2 Å². The van der Waals surface area contributed by atoms with Crippen LogP contribution >= 0.6 is 0 Å². The fraction of sp³-hybridized carbons (Fsp3) is 0.357. The van der Waals surface area contributed by atoms with Gasteiger partial charge in [-0.1, -0.05) is 12.1 Å². The van der Waals surface area contributed by atoms with E-state index >= 15 is 0 Å². The third-order valence-electron chi connectivity index (χ3n) is 3.26. The average molecular weight is 292 g/mol. The SMILES string of the molecule is COCCOC(=O)c1ccc(C2(C)NC(=O)NC2=O)cc1. The predicted octanol–water partition coefficient (Wildman–Crippen LogP) is 0.544. The van der Waals surface area contributed by atoms with E-state index in [2.05, 4.69) is 10.6 Å². The first-order valence-corrected chi connectivity index (χ1v) is 6.37. The highest BCUT2D eigenvalue weighted by atomic mass is 16.6. The number of carbonyl (C=O) groups is 3. The molecule has 0 aromatic heterocycles. The van der Waals surface area contributed by atoms with Gasteiger partial charge in [-0.15, -0.1) is 0 Å². The Kier molecular flexibility index (Phi) is 4.23. The van der Waals surface area contributed by atoms with Crippen LogP contribution in [0.5, 0.6) is 0 Å². The second-order valence-electron chi connectivity index (χ2n) is 4.74. The summed E-state index contributed by atoms with van der Waals surface area (Å²) in [6.07, 6.45) is 0. The molecule has 2 N–H and O–H groups in total. The second-order valence-corrected chi connectivity index (χ2v) is 4.74. The number of esters is 1. The van der Waals surface area contributed by atoms with Crippen LogP contribution in [0.3, 0.4) is 0 Å². The van der Waals surface area contributed by atoms with Crippen molar-refractivity contribution in [3.8, 4) is 0 Å². The Hall–Kier alpha value is -2.41. The number of imide groups is 1. The summed E-state index contributed by atoms with van der Waals surface area (Å²) in [5.41, 5.74) is -0.183. The van der Waals surface area contributed by atoms with Gasteiger partial charge in [-0.3, -0.25) is 10.1 Å². The minimum absolute atomic E-state index is 0.174.